The lowest BCUT2D eigenvalue weighted by atomic mass is 9.97. The molecule has 3 fully saturated rings. The fourth-order valence-electron chi connectivity index (χ4n) is 15.9. The third-order valence-electron chi connectivity index (χ3n) is 21.1. The van der Waals surface area contributed by atoms with Gasteiger partial charge in [-0.3, -0.25) is 28.1 Å². The number of piperazine rings is 3. The lowest BCUT2D eigenvalue weighted by Crippen LogP contribution is -2.58. The lowest BCUT2D eigenvalue weighted by Gasteiger charge is -2.44. The molecule has 0 spiro atoms. The molecule has 0 N–H and O–H groups in total. The maximum atomic E-state index is 15.1. The van der Waals surface area contributed by atoms with Crippen molar-refractivity contribution in [1.82, 2.24) is 43.4 Å². The van der Waals surface area contributed by atoms with E-state index in [1.807, 2.05) is 55.4 Å². The topological polar surface area (TPSA) is 203 Å². The second kappa shape index (κ2) is 33.5. The summed E-state index contributed by atoms with van der Waals surface area (Å²) in [5.41, 5.74) is 3.28. The highest BCUT2D eigenvalue weighted by atomic mass is 35.5. The Morgan fingerprint density at radius 1 is 0.446 bits per heavy atom. The number of hydrogen-bond acceptors (Lipinski definition) is 18. The van der Waals surface area contributed by atoms with Crippen molar-refractivity contribution in [1.29, 1.82) is 0 Å². The summed E-state index contributed by atoms with van der Waals surface area (Å²) in [6.07, 6.45) is 3.08. The number of ether oxygens (including phenoxy) is 3. The fourth-order valence-corrected chi connectivity index (χ4v) is 20.6. The molecule has 15 rings (SSSR count). The van der Waals surface area contributed by atoms with Crippen molar-refractivity contribution >= 4 is 126 Å². The van der Waals surface area contributed by atoms with Crippen molar-refractivity contribution in [2.75, 3.05) is 106 Å². The van der Waals surface area contributed by atoms with Crippen LogP contribution in [0.15, 0.2) is 140 Å². The summed E-state index contributed by atoms with van der Waals surface area (Å²) in [6.45, 7) is 25.1. The van der Waals surface area contributed by atoms with E-state index in [9.17, 15) is 46.3 Å². The highest BCUT2D eigenvalue weighted by molar-refractivity contribution is 8.00. The summed E-state index contributed by atoms with van der Waals surface area (Å²) in [4.78, 5) is 104. The number of aromatic nitrogens is 6. The smallest absolute Gasteiger partial charge is 0.350 e. The van der Waals surface area contributed by atoms with Crippen LogP contribution in [-0.2, 0) is 48.2 Å². The first-order valence-electron chi connectivity index (χ1n) is 36.1. The standard InChI is InChI=1S/C28H30F2N4O3S.C27H27ClF2N4O3S.C25H23ClF2N4O3S/c1-6-23(35)34-16(3)11-32(12-17(34)4)27-21-9-15(2)24(20-8-7-18(29)10-22(20)30)26-25(21)33(28(36)31-27)13-19(37-5)14-38-26;1-5-22(35)34-14(2)10-32(11-15(34)3)26-19-9-20(28)23(18-7-6-16(29)8-21(18)30)25-24(19)33(27(36)31-26)12-17(37-4)13-38-25;1-3-20(33)30-6-8-31(9-7-30)24-17-11-18(26)21(16-5-4-14(27)10-19(16)28)23-22(17)32(25(34)29-24)12-15(35-2)13-36-23/h6-10,16-17,19H,1,11-14H2,2-5H3;5-9,14-15,17H,1,10-13H2,2-4H3;3-5,10-11,15H,1,6-9,12-13H2,2H3/t16-,17+,19-;14-,15+,17-;15-/m100/s1. The van der Waals surface area contributed by atoms with Crippen LogP contribution in [0.4, 0.5) is 43.8 Å². The van der Waals surface area contributed by atoms with E-state index in [0.717, 1.165) is 34.0 Å². The summed E-state index contributed by atoms with van der Waals surface area (Å²) in [7, 11) is 4.75. The second-order valence-corrected chi connectivity index (χ2v) is 32.1. The van der Waals surface area contributed by atoms with Gasteiger partial charge in [0, 0.05) is 198 Å². The Balaban J connectivity index is 0.000000147. The molecule has 0 aliphatic carbocycles. The van der Waals surface area contributed by atoms with Crippen LogP contribution in [0, 0.1) is 41.8 Å². The van der Waals surface area contributed by atoms with E-state index in [1.165, 1.54) is 89.9 Å². The van der Waals surface area contributed by atoms with Gasteiger partial charge in [-0.25, -0.2) is 40.7 Å². The Morgan fingerprint density at radius 3 is 1.08 bits per heavy atom. The van der Waals surface area contributed by atoms with Crippen LogP contribution in [0.1, 0.15) is 33.3 Å². The molecular weight excluding hydrogens is 1550 g/mol. The molecule has 3 amide bonds. The quantitative estimate of drug-likeness (QED) is 0.0824. The molecular formula is C80H80Cl2F6N12O9S3. The van der Waals surface area contributed by atoms with E-state index >= 15 is 8.78 Å². The Morgan fingerprint density at radius 2 is 0.759 bits per heavy atom. The molecule has 0 bridgehead atoms. The molecule has 112 heavy (non-hydrogen) atoms. The highest BCUT2D eigenvalue weighted by Gasteiger charge is 2.39. The van der Waals surface area contributed by atoms with Gasteiger partial charge in [-0.2, -0.15) is 15.0 Å². The summed E-state index contributed by atoms with van der Waals surface area (Å²) >= 11 is 17.9. The second-order valence-electron chi connectivity index (χ2n) is 28.2. The molecule has 3 saturated heterocycles. The van der Waals surface area contributed by atoms with E-state index in [0.29, 0.717) is 147 Å². The largest absolute Gasteiger partial charge is 0.379 e. The average molecular weight is 1630 g/mol. The van der Waals surface area contributed by atoms with Crippen molar-refractivity contribution < 1.29 is 54.9 Å². The third-order valence-corrected chi connectivity index (χ3v) is 25.3. The number of anilines is 3. The normalized spacial score (nSPS) is 20.3. The number of carbonyl (C=O) groups excluding carboxylic acids is 3. The highest BCUT2D eigenvalue weighted by Crippen LogP contribution is 2.50. The van der Waals surface area contributed by atoms with Crippen LogP contribution in [0.2, 0.25) is 10.0 Å². The van der Waals surface area contributed by atoms with Crippen molar-refractivity contribution in [2.24, 2.45) is 0 Å². The van der Waals surface area contributed by atoms with Gasteiger partial charge in [0.2, 0.25) is 17.7 Å². The first-order valence-corrected chi connectivity index (χ1v) is 39.8. The first-order chi connectivity index (χ1) is 53.6. The van der Waals surface area contributed by atoms with Gasteiger partial charge >= 0.3 is 17.1 Å². The van der Waals surface area contributed by atoms with E-state index in [2.05, 4.69) is 34.7 Å². The average Bonchev–Trinajstić information content (AvgIpc) is 1.20. The van der Waals surface area contributed by atoms with Crippen LogP contribution < -0.4 is 31.8 Å². The minimum atomic E-state index is -0.746. The number of rotatable bonds is 12. The maximum absolute atomic E-state index is 15.1. The summed E-state index contributed by atoms with van der Waals surface area (Å²) in [5.74, 6) is -1.61. The number of halogens is 8. The van der Waals surface area contributed by atoms with Crippen molar-refractivity contribution in [3.63, 3.8) is 0 Å². The Hall–Kier alpha value is -9.14. The van der Waals surface area contributed by atoms with E-state index in [-0.39, 0.29) is 100 Å². The lowest BCUT2D eigenvalue weighted by molar-refractivity contribution is -0.131. The minimum absolute atomic E-state index is 0.125. The van der Waals surface area contributed by atoms with Crippen LogP contribution in [0.5, 0.6) is 0 Å². The van der Waals surface area contributed by atoms with Gasteiger partial charge in [0.1, 0.15) is 52.4 Å². The molecule has 21 nitrogen and oxygen atoms in total. The van der Waals surface area contributed by atoms with E-state index in [1.54, 1.807) is 61.9 Å². The molecule has 9 heterocycles. The minimum Gasteiger partial charge on any atom is -0.379 e. The van der Waals surface area contributed by atoms with Crippen LogP contribution in [0.3, 0.4) is 0 Å². The number of benzene rings is 6. The summed E-state index contributed by atoms with van der Waals surface area (Å²) < 4.78 is 108. The number of thioether (sulfide) groups is 3. The predicted molar refractivity (Wildman–Crippen MR) is 429 cm³/mol. The van der Waals surface area contributed by atoms with Crippen molar-refractivity contribution in [2.45, 2.75) is 111 Å². The predicted octanol–water partition coefficient (Wildman–Crippen LogP) is 13.1. The van der Waals surface area contributed by atoms with Crippen LogP contribution in [-0.4, -0.2) is 194 Å². The van der Waals surface area contributed by atoms with Gasteiger partial charge in [-0.15, -0.1) is 35.3 Å². The molecule has 7 atom stereocenters. The van der Waals surface area contributed by atoms with Gasteiger partial charge in [-0.05, 0) is 113 Å². The molecule has 0 unspecified atom stereocenters. The summed E-state index contributed by atoms with van der Waals surface area (Å²) in [6, 6.07) is 15.0. The molecule has 3 aromatic heterocycles. The number of nitrogens with zero attached hydrogens (tertiary/aromatic N) is 12. The molecule has 6 aliphatic heterocycles. The SMILES string of the molecule is C=CC(=O)N1CCN(c2nc(=O)n3c4c(c(-c5ccc(F)cc5F)c(Cl)cc24)SC[C@@H](OC)C3)CC1.C=CC(=O)N1[C@H](C)CN(c2nc(=O)n3c4c(c(-c5ccc(F)cc5F)c(C)cc24)SC[C@H](OC)C3)C[C@@H]1C.C=CC(=O)N1[C@H](C)CN(c2nc(=O)n3c4c(c(-c5ccc(F)cc5F)c(Cl)cc24)SC[C@@H](OC)C3)C[C@@H]1C. The van der Waals surface area contributed by atoms with Crippen LogP contribution >= 0.6 is 58.5 Å². The zero-order valence-electron chi connectivity index (χ0n) is 62.5. The van der Waals surface area contributed by atoms with Crippen molar-refractivity contribution in [3.05, 3.63) is 193 Å². The van der Waals surface area contributed by atoms with Gasteiger partial charge in [0.25, 0.3) is 0 Å². The Bertz CT molecular complexity index is 5270. The number of hydrogen-bond donors (Lipinski definition) is 0. The van der Waals surface area contributed by atoms with Gasteiger partial charge < -0.3 is 43.6 Å². The number of carbonyl (C=O) groups is 3. The van der Waals surface area contributed by atoms with E-state index < -0.39 is 52.0 Å². The fraction of sp³-hybridized carbons (Fsp3) is 0.362. The molecule has 0 saturated carbocycles. The monoisotopic (exact) mass is 1630 g/mol. The molecule has 6 aliphatic rings. The maximum Gasteiger partial charge on any atom is 0.350 e. The Labute approximate surface area is 663 Å². The first kappa shape index (κ1) is 80.9. The van der Waals surface area contributed by atoms with E-state index in [4.69, 9.17) is 37.4 Å². The molecule has 6 aromatic carbocycles. The Kier molecular flexibility index (Phi) is 24.2. The number of aryl methyl sites for hydroxylation is 1. The molecule has 9 aromatic rings. The number of methoxy groups -OCH3 is 3. The molecule has 588 valence electrons. The zero-order chi connectivity index (χ0) is 80.2. The molecule has 32 heteroatoms. The summed E-state index contributed by atoms with van der Waals surface area (Å²) in [5, 5.41) is 2.59. The van der Waals surface area contributed by atoms with Crippen LogP contribution in [0.25, 0.3) is 66.1 Å². The van der Waals surface area contributed by atoms with Gasteiger partial charge in [0.05, 0.1) is 64.5 Å². The van der Waals surface area contributed by atoms with Gasteiger partial charge in [0.15, 0.2) is 0 Å². The van der Waals surface area contributed by atoms with Gasteiger partial charge in [-0.1, -0.05) is 42.9 Å². The van der Waals surface area contributed by atoms with Crippen molar-refractivity contribution in [3.8, 4) is 33.4 Å². The zero-order valence-corrected chi connectivity index (χ0v) is 66.5. The number of amides is 3. The third kappa shape index (κ3) is 15.5. The molecule has 0 radical (unpaired) electrons.